The maximum absolute atomic E-state index is 13.5. The number of aromatic nitrogens is 4. The smallest absolute Gasteiger partial charge is 0.272 e. The van der Waals surface area contributed by atoms with Crippen molar-refractivity contribution in [2.24, 2.45) is 5.41 Å². The van der Waals surface area contributed by atoms with E-state index in [1.807, 2.05) is 52.1 Å². The van der Waals surface area contributed by atoms with E-state index in [4.69, 9.17) is 9.40 Å². The summed E-state index contributed by atoms with van der Waals surface area (Å²) in [6.45, 7) is 9.74. The molecule has 3 heterocycles. The van der Waals surface area contributed by atoms with Gasteiger partial charge >= 0.3 is 0 Å². The van der Waals surface area contributed by atoms with Gasteiger partial charge in [0.1, 0.15) is 11.9 Å². The number of aryl methyl sites for hydroxylation is 1. The first-order valence-corrected chi connectivity index (χ1v) is 11.8. The van der Waals surface area contributed by atoms with Crippen LogP contribution in [0.3, 0.4) is 0 Å². The molecule has 1 aliphatic heterocycles. The van der Waals surface area contributed by atoms with Gasteiger partial charge in [0.15, 0.2) is 5.69 Å². The van der Waals surface area contributed by atoms with Crippen molar-refractivity contribution in [1.29, 1.82) is 0 Å². The number of benzene rings is 1. The summed E-state index contributed by atoms with van der Waals surface area (Å²) in [7, 11) is 3.60. The molecule has 2 N–H and O–H groups in total. The second-order valence-corrected chi connectivity index (χ2v) is 10.1. The average Bonchev–Trinajstić information content (AvgIpc) is 3.34. The van der Waals surface area contributed by atoms with E-state index < -0.39 is 11.5 Å². The highest BCUT2D eigenvalue weighted by atomic mass is 16.4. The van der Waals surface area contributed by atoms with Crippen molar-refractivity contribution < 1.29 is 14.0 Å². The zero-order valence-electron chi connectivity index (χ0n) is 21.2. The van der Waals surface area contributed by atoms with Crippen molar-refractivity contribution in [2.75, 3.05) is 20.6 Å². The van der Waals surface area contributed by atoms with E-state index in [0.717, 1.165) is 36.3 Å². The quantitative estimate of drug-likeness (QED) is 0.577. The van der Waals surface area contributed by atoms with Crippen LogP contribution in [0.15, 0.2) is 28.7 Å². The molecule has 10 nitrogen and oxygen atoms in total. The molecular weight excluding hydrogens is 446 g/mol. The van der Waals surface area contributed by atoms with Crippen molar-refractivity contribution in [2.45, 2.75) is 53.2 Å². The molecule has 0 radical (unpaired) electrons. The summed E-state index contributed by atoms with van der Waals surface area (Å²) in [5.41, 5.74) is 2.33. The predicted molar refractivity (Wildman–Crippen MR) is 131 cm³/mol. The summed E-state index contributed by atoms with van der Waals surface area (Å²) >= 11 is 0. The number of rotatable bonds is 5. The van der Waals surface area contributed by atoms with Gasteiger partial charge < -0.3 is 24.5 Å². The summed E-state index contributed by atoms with van der Waals surface area (Å²) in [6, 6.07) is 7.02. The Labute approximate surface area is 205 Å². The van der Waals surface area contributed by atoms with Crippen LogP contribution in [0.25, 0.3) is 22.8 Å². The molecule has 4 rings (SSSR count). The van der Waals surface area contributed by atoms with Gasteiger partial charge in [-0.2, -0.15) is 0 Å². The molecule has 0 saturated heterocycles. The number of nitrogens with one attached hydrogen (secondary N) is 2. The van der Waals surface area contributed by atoms with E-state index in [1.54, 1.807) is 14.0 Å². The second-order valence-electron chi connectivity index (χ2n) is 10.1. The lowest BCUT2D eigenvalue weighted by molar-refractivity contribution is -0.124. The van der Waals surface area contributed by atoms with Gasteiger partial charge in [-0.1, -0.05) is 32.9 Å². The van der Waals surface area contributed by atoms with E-state index in [1.165, 1.54) is 0 Å². The highest BCUT2D eigenvalue weighted by molar-refractivity contribution is 5.98. The van der Waals surface area contributed by atoms with Crippen LogP contribution in [0.5, 0.6) is 0 Å². The Hall–Kier alpha value is -3.53. The van der Waals surface area contributed by atoms with Gasteiger partial charge in [-0.3, -0.25) is 9.59 Å². The van der Waals surface area contributed by atoms with Crippen molar-refractivity contribution in [3.8, 4) is 22.8 Å². The van der Waals surface area contributed by atoms with Gasteiger partial charge in [0.25, 0.3) is 5.91 Å². The van der Waals surface area contributed by atoms with Crippen LogP contribution < -0.4 is 10.6 Å². The van der Waals surface area contributed by atoms with Gasteiger partial charge in [-0.15, -0.1) is 10.2 Å². The lowest BCUT2D eigenvalue weighted by Gasteiger charge is -2.29. The fourth-order valence-electron chi connectivity index (χ4n) is 4.35. The molecule has 35 heavy (non-hydrogen) atoms. The molecule has 0 fully saturated rings. The molecule has 1 aliphatic rings. The predicted octanol–water partition coefficient (Wildman–Crippen LogP) is 2.63. The third-order valence-electron chi connectivity index (χ3n) is 6.17. The molecule has 2 amide bonds. The Kier molecular flexibility index (Phi) is 6.75. The Morgan fingerprint density at radius 3 is 2.54 bits per heavy atom. The lowest BCUT2D eigenvalue weighted by Crippen LogP contribution is -2.53. The van der Waals surface area contributed by atoms with Gasteiger partial charge in [0.2, 0.25) is 17.7 Å². The molecule has 1 unspecified atom stereocenters. The normalized spacial score (nSPS) is 15.3. The standard InChI is InChI=1S/C25H33N7O3/c1-15-29-30-24(35-15)17-10-7-9-16(13-17)21-27-19(18-14-31(6)11-8-12-32(18)21)22(33)28-20(23(34)26-5)25(2,3)4/h7,9-10,13,20H,8,11-12,14H2,1-6H3,(H,26,34)(H,28,33). The number of carbonyl (C=O) groups is 2. The Morgan fingerprint density at radius 1 is 1.14 bits per heavy atom. The van der Waals surface area contributed by atoms with Crippen LogP contribution in [0.2, 0.25) is 0 Å². The molecule has 0 saturated carbocycles. The van der Waals surface area contributed by atoms with Gasteiger partial charge in [0, 0.05) is 38.2 Å². The monoisotopic (exact) mass is 479 g/mol. The number of hydrogen-bond donors (Lipinski definition) is 2. The number of amides is 2. The number of fused-ring (bicyclic) bond motifs is 1. The topological polar surface area (TPSA) is 118 Å². The molecular formula is C25H33N7O3. The van der Waals surface area contributed by atoms with Gasteiger partial charge in [-0.05, 0) is 37.6 Å². The summed E-state index contributed by atoms with van der Waals surface area (Å²) < 4.78 is 7.71. The average molecular weight is 480 g/mol. The van der Waals surface area contributed by atoms with E-state index in [0.29, 0.717) is 29.8 Å². The number of nitrogens with zero attached hydrogens (tertiary/aromatic N) is 5. The summed E-state index contributed by atoms with van der Waals surface area (Å²) in [5, 5.41) is 13.6. The van der Waals surface area contributed by atoms with E-state index in [2.05, 4.69) is 30.3 Å². The Bertz CT molecular complexity index is 1240. The Balaban J connectivity index is 1.77. The fraction of sp³-hybridized carbons (Fsp3) is 0.480. The number of hydrogen-bond acceptors (Lipinski definition) is 7. The maximum Gasteiger partial charge on any atom is 0.272 e. The molecule has 0 aliphatic carbocycles. The second kappa shape index (κ2) is 9.61. The molecule has 1 aromatic carbocycles. The number of imidazole rings is 1. The molecule has 2 aromatic heterocycles. The highest BCUT2D eigenvalue weighted by Crippen LogP contribution is 2.30. The molecule has 3 aromatic rings. The summed E-state index contributed by atoms with van der Waals surface area (Å²) in [4.78, 5) is 33.1. The third-order valence-corrected chi connectivity index (χ3v) is 6.17. The lowest BCUT2D eigenvalue weighted by atomic mass is 9.86. The minimum absolute atomic E-state index is 0.240. The SMILES string of the molecule is CNC(=O)C(NC(=O)c1nc(-c2cccc(-c3nnc(C)o3)c2)n2c1CN(C)CCC2)C(C)(C)C. The minimum Gasteiger partial charge on any atom is -0.421 e. The van der Waals surface area contributed by atoms with Crippen LogP contribution in [0.4, 0.5) is 0 Å². The third kappa shape index (κ3) is 5.12. The minimum atomic E-state index is -0.701. The van der Waals surface area contributed by atoms with Gasteiger partial charge in [-0.25, -0.2) is 4.98 Å². The highest BCUT2D eigenvalue weighted by Gasteiger charge is 2.34. The molecule has 0 bridgehead atoms. The maximum atomic E-state index is 13.5. The van der Waals surface area contributed by atoms with Crippen LogP contribution in [0, 0.1) is 12.3 Å². The first-order valence-electron chi connectivity index (χ1n) is 11.8. The van der Waals surface area contributed by atoms with Crippen LogP contribution >= 0.6 is 0 Å². The molecule has 10 heteroatoms. The van der Waals surface area contributed by atoms with Crippen LogP contribution in [-0.4, -0.2) is 63.1 Å². The number of carbonyl (C=O) groups excluding carboxylic acids is 2. The number of likely N-dealkylation sites (N-methyl/N-ethyl adjacent to an activating group) is 1. The van der Waals surface area contributed by atoms with Crippen molar-refractivity contribution in [3.63, 3.8) is 0 Å². The summed E-state index contributed by atoms with van der Waals surface area (Å²) in [5.74, 6) is 1.03. The van der Waals surface area contributed by atoms with E-state index in [9.17, 15) is 9.59 Å². The van der Waals surface area contributed by atoms with Gasteiger partial charge in [0.05, 0.1) is 5.69 Å². The van der Waals surface area contributed by atoms with Crippen LogP contribution in [-0.2, 0) is 17.9 Å². The zero-order valence-corrected chi connectivity index (χ0v) is 21.2. The summed E-state index contributed by atoms with van der Waals surface area (Å²) in [6.07, 6.45) is 0.930. The molecule has 186 valence electrons. The van der Waals surface area contributed by atoms with Crippen molar-refractivity contribution in [1.82, 2.24) is 35.3 Å². The van der Waals surface area contributed by atoms with Crippen molar-refractivity contribution >= 4 is 11.8 Å². The van der Waals surface area contributed by atoms with E-state index >= 15 is 0 Å². The largest absolute Gasteiger partial charge is 0.421 e. The first-order chi connectivity index (χ1) is 16.6. The van der Waals surface area contributed by atoms with E-state index in [-0.39, 0.29) is 11.8 Å². The van der Waals surface area contributed by atoms with Crippen LogP contribution in [0.1, 0.15) is 49.3 Å². The fourth-order valence-corrected chi connectivity index (χ4v) is 4.35. The first kappa shape index (κ1) is 24.6. The zero-order chi connectivity index (χ0) is 25.3. The molecule has 0 spiro atoms. The van der Waals surface area contributed by atoms with Crippen molar-refractivity contribution in [3.05, 3.63) is 41.5 Å². The molecule has 1 atom stereocenters. The Morgan fingerprint density at radius 2 is 1.89 bits per heavy atom.